The van der Waals surface area contributed by atoms with Gasteiger partial charge in [-0.2, -0.15) is 0 Å². The molecule has 0 saturated carbocycles. The lowest BCUT2D eigenvalue weighted by atomic mass is 9.89. The molecule has 2 heterocycles. The monoisotopic (exact) mass is 912 g/mol. The van der Waals surface area contributed by atoms with Gasteiger partial charge >= 0.3 is 0 Å². The van der Waals surface area contributed by atoms with Crippen molar-refractivity contribution in [1.82, 2.24) is 9.13 Å². The second-order valence-electron chi connectivity index (χ2n) is 19.4. The number of halogens is 1. The molecule has 0 amide bonds. The summed E-state index contributed by atoms with van der Waals surface area (Å²) < 4.78 is 3.75. The van der Waals surface area contributed by atoms with Gasteiger partial charge in [-0.05, 0) is 140 Å². The van der Waals surface area contributed by atoms with Crippen LogP contribution in [0.25, 0.3) is 108 Å². The Kier molecular flexibility index (Phi) is 8.38. The van der Waals surface area contributed by atoms with E-state index in [0.717, 1.165) is 91.4 Å². The fourth-order valence-electron chi connectivity index (χ4n) is 11.7. The first-order chi connectivity index (χ1) is 31.2. The maximum atomic E-state index is 15.0. The molecule has 0 unspecified atom stereocenters. The lowest BCUT2D eigenvalue weighted by molar-refractivity contribution is 0.792. The molecule has 0 fully saturated rings. The molecule has 0 N–H and O–H groups in total. The molecule has 0 radical (unpaired) electrons. The summed E-state index contributed by atoms with van der Waals surface area (Å²) in [5, 5.41) is 15.1. The van der Waals surface area contributed by atoms with Gasteiger partial charge in [0.2, 0.25) is 0 Å². The number of benzene rings is 8. The van der Waals surface area contributed by atoms with Crippen molar-refractivity contribution >= 4 is 113 Å². The van der Waals surface area contributed by atoms with Gasteiger partial charge in [0.15, 0.2) is 0 Å². The quantitative estimate of drug-likeness (QED) is 0.156. The summed E-state index contributed by atoms with van der Waals surface area (Å²) >= 11 is 4.17. The van der Waals surface area contributed by atoms with E-state index < -0.39 is 0 Å². The molecule has 0 bridgehead atoms. The first-order valence-corrected chi connectivity index (χ1v) is 23.5. The molecular formula is C58H45BrN2O4. The molecule has 2 aromatic heterocycles. The van der Waals surface area contributed by atoms with Crippen LogP contribution in [-0.2, 0) is 0 Å². The van der Waals surface area contributed by atoms with Gasteiger partial charge in [0.05, 0.1) is 11.4 Å². The molecule has 0 aliphatic heterocycles. The van der Waals surface area contributed by atoms with Gasteiger partial charge in [-0.15, -0.1) is 0 Å². The van der Waals surface area contributed by atoms with Gasteiger partial charge < -0.3 is 0 Å². The van der Waals surface area contributed by atoms with E-state index >= 15 is 0 Å². The summed E-state index contributed by atoms with van der Waals surface area (Å²) in [6.07, 6.45) is 0. The number of fused-ring (bicyclic) bond motifs is 4. The Morgan fingerprint density at radius 2 is 0.554 bits per heavy atom. The zero-order chi connectivity index (χ0) is 45.2. The van der Waals surface area contributed by atoms with Crippen molar-refractivity contribution in [3.63, 3.8) is 0 Å². The smallest absolute Gasteiger partial charge is 0.266 e. The van der Waals surface area contributed by atoms with Crippen molar-refractivity contribution in [3.05, 3.63) is 171 Å². The summed E-state index contributed by atoms with van der Waals surface area (Å²) in [6, 6.07) is 34.4. The Hall–Kier alpha value is -6.70. The van der Waals surface area contributed by atoms with E-state index in [4.69, 9.17) is 0 Å². The molecule has 0 saturated heterocycles. The molecule has 318 valence electrons. The second-order valence-corrected chi connectivity index (χ2v) is 20.2. The van der Waals surface area contributed by atoms with Crippen molar-refractivity contribution in [2.75, 3.05) is 0 Å². The van der Waals surface area contributed by atoms with Crippen LogP contribution in [0.2, 0.25) is 0 Å². The van der Waals surface area contributed by atoms with Crippen molar-refractivity contribution in [3.8, 4) is 11.4 Å². The third kappa shape index (κ3) is 4.99. The molecule has 12 aromatic rings. The van der Waals surface area contributed by atoms with Gasteiger partial charge in [0.25, 0.3) is 22.2 Å². The summed E-state index contributed by atoms with van der Waals surface area (Å²) in [5.41, 5.74) is 3.99. The van der Waals surface area contributed by atoms with Crippen LogP contribution in [0.3, 0.4) is 0 Å². The molecule has 0 aliphatic rings. The maximum Gasteiger partial charge on any atom is 0.266 e. The molecule has 6 nitrogen and oxygen atoms in total. The van der Waals surface area contributed by atoms with Crippen LogP contribution in [0.15, 0.2) is 127 Å². The Morgan fingerprint density at radius 3 is 0.862 bits per heavy atom. The minimum absolute atomic E-state index is 0.0935. The number of para-hydroxylation sites is 2. The van der Waals surface area contributed by atoms with Crippen LogP contribution in [-0.4, -0.2) is 9.13 Å². The summed E-state index contributed by atoms with van der Waals surface area (Å²) in [7, 11) is 0. The van der Waals surface area contributed by atoms with Crippen LogP contribution in [0.5, 0.6) is 0 Å². The van der Waals surface area contributed by atoms with E-state index in [2.05, 4.69) is 114 Å². The SMILES string of the molecule is CC(C)c1cccc(C(C)C)c1-n1c(=O)c2ccc3c4cccc5c6ccc7c(=O)n(-c8c(C(C)C)cccc8C(C)C)c(=O)c8ccc(c9c(Br)c(c%10ccc(c1=O)c2c3%10)c4c59)c6c78. The number of rotatable bonds is 6. The van der Waals surface area contributed by atoms with Crippen LogP contribution >= 0.6 is 15.9 Å². The highest BCUT2D eigenvalue weighted by atomic mass is 79.9. The minimum Gasteiger partial charge on any atom is -0.268 e. The van der Waals surface area contributed by atoms with Gasteiger partial charge in [-0.1, -0.05) is 134 Å². The third-order valence-electron chi connectivity index (χ3n) is 14.6. The predicted octanol–water partition coefficient (Wildman–Crippen LogP) is 14.1. The van der Waals surface area contributed by atoms with Gasteiger partial charge in [0, 0.05) is 47.6 Å². The standard InChI is InChI=1S/C58H45BrN2O4/c1-26(2)30-12-9-13-31(27(3)4)53(30)60-55(62)40-22-18-36-34-16-11-17-35-37-19-23-41-47-43(58(65)61(56(41)63)54-32(28(5)6)14-10-15-33(54)29(7)8)25-21-39(45(37)47)51-49(35)48(34)50(52(51)59)38-20-24-42(57(60)64)46(40)44(36)38/h9-29H,1-8H3. The van der Waals surface area contributed by atoms with Crippen LogP contribution < -0.4 is 22.2 Å². The molecular weight excluding hydrogens is 869 g/mol. The molecule has 10 aromatic carbocycles. The highest BCUT2D eigenvalue weighted by Gasteiger charge is 2.29. The zero-order valence-electron chi connectivity index (χ0n) is 37.5. The lowest BCUT2D eigenvalue weighted by Crippen LogP contribution is -2.33. The third-order valence-corrected chi connectivity index (χ3v) is 15.4. The number of hydrogen-bond acceptors (Lipinski definition) is 4. The first-order valence-electron chi connectivity index (χ1n) is 22.7. The summed E-state index contributed by atoms with van der Waals surface area (Å²) in [5.74, 6) is 0.374. The van der Waals surface area contributed by atoms with E-state index in [1.54, 1.807) is 0 Å². The van der Waals surface area contributed by atoms with Crippen molar-refractivity contribution < 1.29 is 0 Å². The van der Waals surface area contributed by atoms with E-state index in [-0.39, 0.29) is 45.9 Å². The number of pyridine rings is 2. The Labute approximate surface area is 381 Å². The largest absolute Gasteiger partial charge is 0.268 e. The van der Waals surface area contributed by atoms with E-state index in [1.165, 1.54) is 9.13 Å². The number of hydrogen-bond donors (Lipinski definition) is 0. The molecule has 65 heavy (non-hydrogen) atoms. The topological polar surface area (TPSA) is 78.1 Å². The second kappa shape index (κ2) is 13.7. The first kappa shape index (κ1) is 39.9. The fraction of sp³-hybridized carbons (Fsp3) is 0.207. The van der Waals surface area contributed by atoms with Crippen LogP contribution in [0.1, 0.15) is 101 Å². The minimum atomic E-state index is -0.316. The molecule has 12 rings (SSSR count). The fourth-order valence-corrected chi connectivity index (χ4v) is 12.5. The van der Waals surface area contributed by atoms with Crippen molar-refractivity contribution in [2.45, 2.75) is 79.1 Å². The average Bonchev–Trinajstić information content (AvgIpc) is 3.45. The van der Waals surface area contributed by atoms with E-state index in [0.29, 0.717) is 43.7 Å². The van der Waals surface area contributed by atoms with Gasteiger partial charge in [-0.25, -0.2) is 9.13 Å². The van der Waals surface area contributed by atoms with E-state index in [1.807, 2.05) is 60.7 Å². The highest BCUT2D eigenvalue weighted by molar-refractivity contribution is 9.11. The molecule has 0 aliphatic carbocycles. The lowest BCUT2D eigenvalue weighted by Gasteiger charge is -2.22. The van der Waals surface area contributed by atoms with Gasteiger partial charge in [-0.3, -0.25) is 19.2 Å². The molecule has 0 atom stereocenters. The maximum absolute atomic E-state index is 15.0. The normalized spacial score (nSPS) is 12.9. The molecule has 7 heteroatoms. The van der Waals surface area contributed by atoms with Gasteiger partial charge in [0.1, 0.15) is 0 Å². The highest BCUT2D eigenvalue weighted by Crippen LogP contribution is 2.53. The van der Waals surface area contributed by atoms with Crippen LogP contribution in [0.4, 0.5) is 0 Å². The Balaban J connectivity index is 1.22. The predicted molar refractivity (Wildman–Crippen MR) is 277 cm³/mol. The Bertz CT molecular complexity index is 3900. The summed E-state index contributed by atoms with van der Waals surface area (Å²) in [6.45, 7) is 16.8. The zero-order valence-corrected chi connectivity index (χ0v) is 39.1. The molecule has 0 spiro atoms. The number of aromatic nitrogens is 2. The van der Waals surface area contributed by atoms with Crippen LogP contribution in [0, 0.1) is 0 Å². The van der Waals surface area contributed by atoms with Crippen molar-refractivity contribution in [2.24, 2.45) is 0 Å². The summed E-state index contributed by atoms with van der Waals surface area (Å²) in [4.78, 5) is 59.8. The van der Waals surface area contributed by atoms with Crippen molar-refractivity contribution in [1.29, 1.82) is 0 Å². The van der Waals surface area contributed by atoms with E-state index in [9.17, 15) is 19.2 Å². The average molecular weight is 914 g/mol. The Morgan fingerprint density at radius 1 is 0.308 bits per heavy atom. The number of nitrogens with zero attached hydrogens (tertiary/aromatic N) is 2.